The molecular formula is C20H17ClPdS2. The molecule has 0 fully saturated rings. The summed E-state index contributed by atoms with van der Waals surface area (Å²) >= 11 is 9.97. The minimum Gasteiger partial charge on any atom is -0.121 e. The fourth-order valence-corrected chi connectivity index (χ4v) is 4.23. The van der Waals surface area contributed by atoms with Crippen molar-refractivity contribution in [3.8, 4) is 0 Å². The normalized spacial score (nSPS) is 10.2. The molecule has 0 bridgehead atoms. The molecule has 24 heavy (non-hydrogen) atoms. The summed E-state index contributed by atoms with van der Waals surface area (Å²) in [6.07, 6.45) is 0. The van der Waals surface area contributed by atoms with Crippen molar-refractivity contribution in [2.24, 2.45) is 0 Å². The number of rotatable bonds is 6. The van der Waals surface area contributed by atoms with Crippen molar-refractivity contribution in [1.29, 1.82) is 0 Å². The molecule has 0 radical (unpaired) electrons. The van der Waals surface area contributed by atoms with Gasteiger partial charge in [-0.05, 0) is 47.5 Å². The Balaban J connectivity index is 0.00000208. The minimum atomic E-state index is 0. The van der Waals surface area contributed by atoms with E-state index in [2.05, 4.69) is 66.7 Å². The van der Waals surface area contributed by atoms with E-state index in [1.54, 1.807) is 0 Å². The smallest absolute Gasteiger partial charge is 0.0412 e. The van der Waals surface area contributed by atoms with Crippen molar-refractivity contribution in [3.63, 3.8) is 0 Å². The molecule has 126 valence electrons. The van der Waals surface area contributed by atoms with Crippen LogP contribution in [0.15, 0.2) is 88.7 Å². The van der Waals surface area contributed by atoms with Gasteiger partial charge in [-0.25, -0.2) is 0 Å². The first kappa shape index (κ1) is 19.6. The summed E-state index contributed by atoms with van der Waals surface area (Å²) in [5, 5.41) is 0.819. The summed E-state index contributed by atoms with van der Waals surface area (Å²) in [4.78, 5) is 2.57. The molecule has 3 aromatic rings. The van der Waals surface area contributed by atoms with Gasteiger partial charge in [0.2, 0.25) is 0 Å². The summed E-state index contributed by atoms with van der Waals surface area (Å²) in [6.45, 7) is 0. The first-order valence-electron chi connectivity index (χ1n) is 7.44. The van der Waals surface area contributed by atoms with E-state index in [1.165, 1.54) is 20.9 Å². The fraction of sp³-hybridized carbons (Fsp3) is 0.100. The van der Waals surface area contributed by atoms with Gasteiger partial charge >= 0.3 is 0 Å². The Bertz CT molecular complexity index is 686. The molecule has 0 aliphatic carbocycles. The van der Waals surface area contributed by atoms with Gasteiger partial charge in [0.25, 0.3) is 0 Å². The van der Waals surface area contributed by atoms with Gasteiger partial charge in [-0.1, -0.05) is 54.1 Å². The van der Waals surface area contributed by atoms with E-state index in [0.29, 0.717) is 0 Å². The van der Waals surface area contributed by atoms with Gasteiger partial charge in [0.1, 0.15) is 0 Å². The molecule has 0 saturated carbocycles. The van der Waals surface area contributed by atoms with Gasteiger partial charge in [0, 0.05) is 46.7 Å². The average Bonchev–Trinajstić information content (AvgIpc) is 2.60. The van der Waals surface area contributed by atoms with E-state index in [9.17, 15) is 0 Å². The third kappa shape index (κ3) is 6.32. The van der Waals surface area contributed by atoms with Crippen LogP contribution in [0.4, 0.5) is 0 Å². The van der Waals surface area contributed by atoms with Crippen LogP contribution in [0.3, 0.4) is 0 Å². The zero-order valence-corrected chi connectivity index (χ0v) is 16.9. The molecule has 3 rings (SSSR count). The Kier molecular flexibility index (Phi) is 8.46. The quantitative estimate of drug-likeness (QED) is 0.288. The van der Waals surface area contributed by atoms with E-state index in [0.717, 1.165) is 16.5 Å². The van der Waals surface area contributed by atoms with Crippen molar-refractivity contribution < 1.29 is 20.4 Å². The Morgan fingerprint density at radius 3 is 1.46 bits per heavy atom. The van der Waals surface area contributed by atoms with Crippen LogP contribution in [-0.4, -0.2) is 0 Å². The standard InChI is InChI=1S/C20H17ClS2.Pd/c21-18-12-16(14-22-19-7-3-1-4-8-19)11-17(13-18)15-23-20-9-5-2-6-10-20;/h1-13H,14-15H2;. The van der Waals surface area contributed by atoms with Crippen LogP contribution >= 0.6 is 35.1 Å². The molecule has 0 atom stereocenters. The van der Waals surface area contributed by atoms with Crippen molar-refractivity contribution in [2.45, 2.75) is 21.3 Å². The molecule has 4 heteroatoms. The number of benzene rings is 3. The molecule has 0 aliphatic rings. The van der Waals surface area contributed by atoms with Crippen molar-refractivity contribution >= 4 is 35.1 Å². The third-order valence-electron chi connectivity index (χ3n) is 3.31. The van der Waals surface area contributed by atoms with E-state index in [4.69, 9.17) is 11.6 Å². The van der Waals surface area contributed by atoms with E-state index >= 15 is 0 Å². The predicted molar refractivity (Wildman–Crippen MR) is 103 cm³/mol. The second kappa shape index (κ2) is 10.3. The third-order valence-corrected chi connectivity index (χ3v) is 5.70. The van der Waals surface area contributed by atoms with Gasteiger partial charge in [0.05, 0.1) is 0 Å². The largest absolute Gasteiger partial charge is 0.121 e. The minimum absolute atomic E-state index is 0. The van der Waals surface area contributed by atoms with Gasteiger partial charge in [0.15, 0.2) is 0 Å². The van der Waals surface area contributed by atoms with Crippen molar-refractivity contribution in [3.05, 3.63) is 95.0 Å². The maximum atomic E-state index is 6.29. The van der Waals surface area contributed by atoms with Crippen LogP contribution in [0.1, 0.15) is 11.1 Å². The van der Waals surface area contributed by atoms with Gasteiger partial charge < -0.3 is 0 Å². The second-order valence-electron chi connectivity index (χ2n) is 5.17. The topological polar surface area (TPSA) is 0 Å². The summed E-state index contributed by atoms with van der Waals surface area (Å²) in [7, 11) is 0. The van der Waals surface area contributed by atoms with Gasteiger partial charge in [-0.15, -0.1) is 23.5 Å². The molecule has 0 spiro atoms. The number of thioether (sulfide) groups is 2. The number of halogens is 1. The van der Waals surface area contributed by atoms with Crippen molar-refractivity contribution in [2.75, 3.05) is 0 Å². The molecule has 3 aromatic carbocycles. The molecule has 0 aliphatic heterocycles. The molecule has 0 aromatic heterocycles. The molecule has 0 amide bonds. The Morgan fingerprint density at radius 2 is 1.04 bits per heavy atom. The summed E-state index contributed by atoms with van der Waals surface area (Å²) in [5.41, 5.74) is 2.55. The number of hydrogen-bond acceptors (Lipinski definition) is 2. The van der Waals surface area contributed by atoms with E-state index < -0.39 is 0 Å². The Labute approximate surface area is 171 Å². The monoisotopic (exact) mass is 462 g/mol. The van der Waals surface area contributed by atoms with Gasteiger partial charge in [-0.2, -0.15) is 0 Å². The van der Waals surface area contributed by atoms with Crippen LogP contribution in [0.2, 0.25) is 5.02 Å². The molecule has 0 heterocycles. The molecule has 0 unspecified atom stereocenters. The average molecular weight is 463 g/mol. The molecule has 0 N–H and O–H groups in total. The maximum absolute atomic E-state index is 6.29. The second-order valence-corrected chi connectivity index (χ2v) is 7.71. The summed E-state index contributed by atoms with van der Waals surface area (Å²) in [6, 6.07) is 27.3. The zero-order valence-electron chi connectivity index (χ0n) is 12.9. The summed E-state index contributed by atoms with van der Waals surface area (Å²) < 4.78 is 0. The van der Waals surface area contributed by atoms with Crippen LogP contribution in [0, 0.1) is 0 Å². The van der Waals surface area contributed by atoms with Crippen LogP contribution in [0.25, 0.3) is 0 Å². The zero-order chi connectivity index (χ0) is 15.9. The Morgan fingerprint density at radius 1 is 0.625 bits per heavy atom. The SMILES string of the molecule is Clc1cc(CSc2ccccc2)cc(CSc2ccccc2)c1.[Pd]. The first-order valence-corrected chi connectivity index (χ1v) is 9.78. The summed E-state index contributed by atoms with van der Waals surface area (Å²) in [5.74, 6) is 1.88. The fourth-order valence-electron chi connectivity index (χ4n) is 2.25. The van der Waals surface area contributed by atoms with Gasteiger partial charge in [-0.3, -0.25) is 0 Å². The van der Waals surface area contributed by atoms with E-state index in [-0.39, 0.29) is 20.4 Å². The number of hydrogen-bond donors (Lipinski definition) is 0. The van der Waals surface area contributed by atoms with E-state index in [1.807, 2.05) is 35.7 Å². The first-order chi connectivity index (χ1) is 11.3. The molecule has 0 nitrogen and oxygen atoms in total. The maximum Gasteiger partial charge on any atom is 0.0412 e. The Hall–Kier alpha value is -0.688. The van der Waals surface area contributed by atoms with Crippen LogP contribution in [0.5, 0.6) is 0 Å². The molecular weight excluding hydrogens is 446 g/mol. The van der Waals surface area contributed by atoms with Crippen molar-refractivity contribution in [1.82, 2.24) is 0 Å². The molecule has 0 saturated heterocycles. The van der Waals surface area contributed by atoms with Crippen LogP contribution < -0.4 is 0 Å². The van der Waals surface area contributed by atoms with Crippen LogP contribution in [-0.2, 0) is 31.9 Å². The predicted octanol–water partition coefficient (Wildman–Crippen LogP) is 6.92.